The van der Waals surface area contributed by atoms with Crippen LogP contribution in [0.3, 0.4) is 0 Å². The van der Waals surface area contributed by atoms with Gasteiger partial charge in [-0.15, -0.1) is 0 Å². The third-order valence-corrected chi connectivity index (χ3v) is 2.12. The van der Waals surface area contributed by atoms with E-state index in [1.807, 2.05) is 6.92 Å². The molecule has 0 aromatic carbocycles. The van der Waals surface area contributed by atoms with E-state index in [0.29, 0.717) is 12.3 Å². The van der Waals surface area contributed by atoms with E-state index in [-0.39, 0.29) is 5.84 Å². The molecule has 0 aromatic rings. The average Bonchev–Trinajstić information content (AvgIpc) is 2.00. The zero-order chi connectivity index (χ0) is 9.56. The third kappa shape index (κ3) is 4.16. The fraction of sp³-hybridized carbons (Fsp3) is 0.700. The lowest BCUT2D eigenvalue weighted by Crippen LogP contribution is -2.13. The molecule has 0 spiro atoms. The van der Waals surface area contributed by atoms with E-state index in [2.05, 4.69) is 19.9 Å². The van der Waals surface area contributed by atoms with Crippen molar-refractivity contribution < 1.29 is 0 Å². The molecule has 0 bridgehead atoms. The van der Waals surface area contributed by atoms with E-state index in [0.717, 1.165) is 0 Å². The first-order valence-electron chi connectivity index (χ1n) is 4.59. The number of allylic oxidation sites excluding steroid dienone is 1. The smallest absolute Gasteiger partial charge is 0.0946 e. The second-order valence-corrected chi connectivity index (χ2v) is 3.26. The van der Waals surface area contributed by atoms with Crippen LogP contribution in [0.25, 0.3) is 0 Å². The number of nitrogens with one attached hydrogen (secondary N) is 1. The molecule has 0 aliphatic heterocycles. The van der Waals surface area contributed by atoms with Crippen molar-refractivity contribution in [1.29, 1.82) is 5.41 Å². The first-order valence-corrected chi connectivity index (χ1v) is 4.59. The van der Waals surface area contributed by atoms with Crippen molar-refractivity contribution in [2.24, 2.45) is 11.7 Å². The summed E-state index contributed by atoms with van der Waals surface area (Å²) in [5.74, 6) is 0.843. The van der Waals surface area contributed by atoms with Crippen LogP contribution in [0.4, 0.5) is 0 Å². The van der Waals surface area contributed by atoms with Gasteiger partial charge >= 0.3 is 0 Å². The Balaban J connectivity index is 4.07. The predicted octanol–water partition coefficient (Wildman–Crippen LogP) is 2.69. The molecule has 3 N–H and O–H groups in total. The summed E-state index contributed by atoms with van der Waals surface area (Å²) < 4.78 is 0. The maximum absolute atomic E-state index is 7.19. The minimum Gasteiger partial charge on any atom is -0.387 e. The van der Waals surface area contributed by atoms with E-state index in [1.54, 1.807) is 0 Å². The van der Waals surface area contributed by atoms with Crippen molar-refractivity contribution >= 4 is 5.84 Å². The predicted molar refractivity (Wildman–Crippen MR) is 54.4 cm³/mol. The molecule has 0 aliphatic rings. The summed E-state index contributed by atoms with van der Waals surface area (Å²) in [6, 6.07) is 0. The summed E-state index contributed by atoms with van der Waals surface area (Å²) >= 11 is 0. The van der Waals surface area contributed by atoms with Gasteiger partial charge in [-0.2, -0.15) is 0 Å². The van der Waals surface area contributed by atoms with Crippen LogP contribution in [0.1, 0.15) is 40.0 Å². The molecule has 0 saturated carbocycles. The number of rotatable bonds is 5. The van der Waals surface area contributed by atoms with E-state index < -0.39 is 0 Å². The lowest BCUT2D eigenvalue weighted by Gasteiger charge is -2.13. The van der Waals surface area contributed by atoms with Crippen LogP contribution >= 0.6 is 0 Å². The van der Waals surface area contributed by atoms with Crippen molar-refractivity contribution in [3.63, 3.8) is 0 Å². The highest BCUT2D eigenvalue weighted by Gasteiger charge is 2.07. The highest BCUT2D eigenvalue weighted by molar-refractivity contribution is 5.79. The molecular formula is C10H20N2. The van der Waals surface area contributed by atoms with Crippen LogP contribution < -0.4 is 5.73 Å². The van der Waals surface area contributed by atoms with Crippen LogP contribution in [0.15, 0.2) is 11.6 Å². The highest BCUT2D eigenvalue weighted by Crippen LogP contribution is 2.18. The molecule has 2 heteroatoms. The molecule has 0 saturated heterocycles. The molecule has 0 heterocycles. The standard InChI is InChI=1S/C10H20N2/c1-4-6-8(3)9(5-2)7-10(11)12/h5,8H,4,6-7H2,1-3H3,(H3,11,12)/b9-5-. The monoisotopic (exact) mass is 168 g/mol. The Bertz CT molecular complexity index is 171. The third-order valence-electron chi connectivity index (χ3n) is 2.12. The number of nitrogens with two attached hydrogens (primary N) is 1. The second kappa shape index (κ2) is 5.81. The molecule has 2 nitrogen and oxygen atoms in total. The van der Waals surface area contributed by atoms with E-state index >= 15 is 0 Å². The fourth-order valence-corrected chi connectivity index (χ4v) is 1.40. The van der Waals surface area contributed by atoms with Gasteiger partial charge < -0.3 is 5.73 Å². The second-order valence-electron chi connectivity index (χ2n) is 3.26. The lowest BCUT2D eigenvalue weighted by atomic mass is 9.93. The Labute approximate surface area is 75.4 Å². The normalized spacial score (nSPS) is 14.4. The van der Waals surface area contributed by atoms with E-state index in [4.69, 9.17) is 11.1 Å². The minimum absolute atomic E-state index is 0.269. The van der Waals surface area contributed by atoms with Crippen LogP contribution in [0.5, 0.6) is 0 Å². The van der Waals surface area contributed by atoms with Crippen molar-refractivity contribution in [2.45, 2.75) is 40.0 Å². The SMILES string of the molecule is C/C=C(/CC(=N)N)C(C)CCC. The highest BCUT2D eigenvalue weighted by atomic mass is 14.7. The van der Waals surface area contributed by atoms with Gasteiger partial charge in [-0.1, -0.05) is 31.9 Å². The Morgan fingerprint density at radius 2 is 2.17 bits per heavy atom. The van der Waals surface area contributed by atoms with Gasteiger partial charge in [0.2, 0.25) is 0 Å². The van der Waals surface area contributed by atoms with Gasteiger partial charge in [-0.3, -0.25) is 5.41 Å². The van der Waals surface area contributed by atoms with E-state index in [9.17, 15) is 0 Å². The molecular weight excluding hydrogens is 148 g/mol. The topological polar surface area (TPSA) is 49.9 Å². The van der Waals surface area contributed by atoms with Crippen molar-refractivity contribution in [2.75, 3.05) is 0 Å². The van der Waals surface area contributed by atoms with Gasteiger partial charge in [-0.25, -0.2) is 0 Å². The molecule has 0 amide bonds. The summed E-state index contributed by atoms with van der Waals surface area (Å²) in [5.41, 5.74) is 6.64. The maximum Gasteiger partial charge on any atom is 0.0946 e. The lowest BCUT2D eigenvalue weighted by molar-refractivity contribution is 0.593. The molecule has 70 valence electrons. The summed E-state index contributed by atoms with van der Waals surface area (Å²) in [6.07, 6.45) is 5.10. The molecule has 0 aliphatic carbocycles. The van der Waals surface area contributed by atoms with Crippen molar-refractivity contribution in [1.82, 2.24) is 0 Å². The average molecular weight is 168 g/mol. The molecule has 0 radical (unpaired) electrons. The molecule has 0 rings (SSSR count). The van der Waals surface area contributed by atoms with Gasteiger partial charge in [0.25, 0.3) is 0 Å². The van der Waals surface area contributed by atoms with Crippen molar-refractivity contribution in [3.05, 3.63) is 11.6 Å². The number of amidine groups is 1. The van der Waals surface area contributed by atoms with Crippen LogP contribution in [0.2, 0.25) is 0 Å². The first-order chi connectivity index (χ1) is 5.61. The number of hydrogen-bond donors (Lipinski definition) is 2. The van der Waals surface area contributed by atoms with E-state index in [1.165, 1.54) is 18.4 Å². The summed E-state index contributed by atoms with van der Waals surface area (Å²) in [4.78, 5) is 0. The Morgan fingerprint density at radius 1 is 1.58 bits per heavy atom. The Hall–Kier alpha value is -0.790. The Kier molecular flexibility index (Phi) is 5.43. The van der Waals surface area contributed by atoms with Gasteiger partial charge in [0.15, 0.2) is 0 Å². The zero-order valence-electron chi connectivity index (χ0n) is 8.35. The summed E-state index contributed by atoms with van der Waals surface area (Å²) in [7, 11) is 0. The molecule has 0 fully saturated rings. The molecule has 12 heavy (non-hydrogen) atoms. The number of hydrogen-bond acceptors (Lipinski definition) is 1. The van der Waals surface area contributed by atoms with Gasteiger partial charge in [0.05, 0.1) is 5.84 Å². The molecule has 0 aromatic heterocycles. The zero-order valence-corrected chi connectivity index (χ0v) is 8.35. The minimum atomic E-state index is 0.269. The van der Waals surface area contributed by atoms with Crippen LogP contribution in [-0.4, -0.2) is 5.84 Å². The van der Waals surface area contributed by atoms with Gasteiger partial charge in [-0.05, 0) is 19.3 Å². The molecule has 1 atom stereocenters. The first kappa shape index (κ1) is 11.2. The quantitative estimate of drug-likeness (QED) is 0.370. The fourth-order valence-electron chi connectivity index (χ4n) is 1.40. The van der Waals surface area contributed by atoms with Gasteiger partial charge in [0, 0.05) is 6.42 Å². The molecule has 1 unspecified atom stereocenters. The maximum atomic E-state index is 7.19. The van der Waals surface area contributed by atoms with Gasteiger partial charge in [0.1, 0.15) is 0 Å². The largest absolute Gasteiger partial charge is 0.387 e. The van der Waals surface area contributed by atoms with Crippen LogP contribution in [0, 0.1) is 11.3 Å². The summed E-state index contributed by atoms with van der Waals surface area (Å²) in [5, 5.41) is 7.19. The summed E-state index contributed by atoms with van der Waals surface area (Å²) in [6.45, 7) is 6.39. The Morgan fingerprint density at radius 3 is 2.50 bits per heavy atom. The van der Waals surface area contributed by atoms with Crippen molar-refractivity contribution in [3.8, 4) is 0 Å². The van der Waals surface area contributed by atoms with Crippen LogP contribution in [-0.2, 0) is 0 Å².